The summed E-state index contributed by atoms with van der Waals surface area (Å²) in [4.78, 5) is 0. The standard InChI is InChI=1S/C16H24FNO2/c1-2-6-18-12-13-9-14(17)11-16(10-13)20-8-5-15-4-3-7-19-15/h9-11,15,18H,2-8,12H2,1H3. The summed E-state index contributed by atoms with van der Waals surface area (Å²) < 4.78 is 24.7. The highest BCUT2D eigenvalue weighted by molar-refractivity contribution is 5.29. The van der Waals surface area contributed by atoms with Gasteiger partial charge in [-0.1, -0.05) is 6.92 Å². The average Bonchev–Trinajstić information content (AvgIpc) is 2.92. The lowest BCUT2D eigenvalue weighted by Gasteiger charge is -2.12. The van der Waals surface area contributed by atoms with Crippen molar-refractivity contribution in [3.05, 3.63) is 29.6 Å². The van der Waals surface area contributed by atoms with E-state index >= 15 is 0 Å². The monoisotopic (exact) mass is 281 g/mol. The maximum absolute atomic E-state index is 13.5. The molecule has 1 aliphatic rings. The third-order valence-electron chi connectivity index (χ3n) is 3.42. The molecule has 1 unspecified atom stereocenters. The fourth-order valence-electron chi connectivity index (χ4n) is 2.40. The largest absolute Gasteiger partial charge is 0.493 e. The van der Waals surface area contributed by atoms with Crippen LogP contribution in [0.25, 0.3) is 0 Å². The second-order valence-corrected chi connectivity index (χ2v) is 5.24. The normalized spacial score (nSPS) is 18.4. The van der Waals surface area contributed by atoms with Gasteiger partial charge < -0.3 is 14.8 Å². The molecule has 3 nitrogen and oxygen atoms in total. The van der Waals surface area contributed by atoms with E-state index in [0.29, 0.717) is 25.0 Å². The Bertz CT molecular complexity index is 405. The van der Waals surface area contributed by atoms with Crippen molar-refractivity contribution in [3.63, 3.8) is 0 Å². The van der Waals surface area contributed by atoms with E-state index in [1.54, 1.807) is 6.07 Å². The fraction of sp³-hybridized carbons (Fsp3) is 0.625. The van der Waals surface area contributed by atoms with Crippen LogP contribution < -0.4 is 10.1 Å². The van der Waals surface area contributed by atoms with Gasteiger partial charge in [0.05, 0.1) is 12.7 Å². The van der Waals surface area contributed by atoms with Crippen LogP contribution in [0.3, 0.4) is 0 Å². The van der Waals surface area contributed by atoms with E-state index in [4.69, 9.17) is 9.47 Å². The molecule has 0 aromatic heterocycles. The van der Waals surface area contributed by atoms with Crippen LogP contribution in [0.15, 0.2) is 18.2 Å². The summed E-state index contributed by atoms with van der Waals surface area (Å²) in [6.07, 6.45) is 4.51. The Hall–Kier alpha value is -1.13. The first-order chi connectivity index (χ1) is 9.78. The van der Waals surface area contributed by atoms with E-state index in [1.807, 2.05) is 6.07 Å². The molecule has 0 radical (unpaired) electrons. The Balaban J connectivity index is 1.80. The smallest absolute Gasteiger partial charge is 0.127 e. The highest BCUT2D eigenvalue weighted by Gasteiger charge is 2.15. The lowest BCUT2D eigenvalue weighted by atomic mass is 10.2. The first-order valence-electron chi connectivity index (χ1n) is 7.52. The van der Waals surface area contributed by atoms with E-state index in [-0.39, 0.29) is 5.82 Å². The van der Waals surface area contributed by atoms with Gasteiger partial charge in [-0.3, -0.25) is 0 Å². The predicted molar refractivity (Wildman–Crippen MR) is 77.5 cm³/mol. The van der Waals surface area contributed by atoms with Gasteiger partial charge in [-0.05, 0) is 43.5 Å². The molecule has 1 aliphatic heterocycles. The predicted octanol–water partition coefficient (Wildman–Crippen LogP) is 3.27. The fourth-order valence-corrected chi connectivity index (χ4v) is 2.40. The second-order valence-electron chi connectivity index (χ2n) is 5.24. The van der Waals surface area contributed by atoms with E-state index in [2.05, 4.69) is 12.2 Å². The zero-order valence-corrected chi connectivity index (χ0v) is 12.2. The van der Waals surface area contributed by atoms with Gasteiger partial charge >= 0.3 is 0 Å². The molecule has 112 valence electrons. The molecule has 1 N–H and O–H groups in total. The SMILES string of the molecule is CCCNCc1cc(F)cc(OCCC2CCCO2)c1. The Morgan fingerprint density at radius 1 is 1.40 bits per heavy atom. The number of halogens is 1. The molecule has 0 amide bonds. The number of nitrogens with one attached hydrogen (secondary N) is 1. The van der Waals surface area contributed by atoms with Crippen molar-refractivity contribution in [3.8, 4) is 5.75 Å². The van der Waals surface area contributed by atoms with Gasteiger partial charge in [0.1, 0.15) is 11.6 Å². The second kappa shape index (κ2) is 8.22. The lowest BCUT2D eigenvalue weighted by molar-refractivity contribution is 0.0903. The molecule has 0 spiro atoms. The topological polar surface area (TPSA) is 30.5 Å². The van der Waals surface area contributed by atoms with Gasteiger partial charge in [0.2, 0.25) is 0 Å². The van der Waals surface area contributed by atoms with Gasteiger partial charge in [-0.25, -0.2) is 4.39 Å². The van der Waals surface area contributed by atoms with Crippen LogP contribution in [-0.4, -0.2) is 25.9 Å². The molecule has 2 rings (SSSR count). The molecular formula is C16H24FNO2. The molecule has 1 fully saturated rings. The Kier molecular flexibility index (Phi) is 6.27. The average molecular weight is 281 g/mol. The third-order valence-corrected chi connectivity index (χ3v) is 3.42. The van der Waals surface area contributed by atoms with Gasteiger partial charge in [-0.15, -0.1) is 0 Å². The summed E-state index contributed by atoms with van der Waals surface area (Å²) in [6, 6.07) is 4.90. The molecule has 1 heterocycles. The summed E-state index contributed by atoms with van der Waals surface area (Å²) in [7, 11) is 0. The van der Waals surface area contributed by atoms with E-state index < -0.39 is 0 Å². The van der Waals surface area contributed by atoms with Gasteiger partial charge in [0.25, 0.3) is 0 Å². The summed E-state index contributed by atoms with van der Waals surface area (Å²) in [5.74, 6) is 0.365. The van der Waals surface area contributed by atoms with Crippen molar-refractivity contribution in [2.45, 2.75) is 45.3 Å². The summed E-state index contributed by atoms with van der Waals surface area (Å²) in [6.45, 7) is 5.16. The van der Waals surface area contributed by atoms with Crippen LogP contribution in [0.5, 0.6) is 5.75 Å². The van der Waals surface area contributed by atoms with E-state index in [9.17, 15) is 4.39 Å². The number of ether oxygens (including phenoxy) is 2. The van der Waals surface area contributed by atoms with Crippen molar-refractivity contribution < 1.29 is 13.9 Å². The van der Waals surface area contributed by atoms with Gasteiger partial charge in [0, 0.05) is 25.6 Å². The summed E-state index contributed by atoms with van der Waals surface area (Å²) in [5.41, 5.74) is 0.922. The summed E-state index contributed by atoms with van der Waals surface area (Å²) in [5, 5.41) is 3.26. The third kappa shape index (κ3) is 5.10. The lowest BCUT2D eigenvalue weighted by Crippen LogP contribution is -2.14. The zero-order chi connectivity index (χ0) is 14.2. The molecule has 1 aromatic rings. The van der Waals surface area contributed by atoms with Crippen LogP contribution in [0.4, 0.5) is 4.39 Å². The number of rotatable bonds is 8. The Morgan fingerprint density at radius 3 is 3.05 bits per heavy atom. The minimum Gasteiger partial charge on any atom is -0.493 e. The minimum atomic E-state index is -0.243. The number of hydrogen-bond donors (Lipinski definition) is 1. The first kappa shape index (κ1) is 15.3. The highest BCUT2D eigenvalue weighted by atomic mass is 19.1. The van der Waals surface area contributed by atoms with Crippen LogP contribution in [-0.2, 0) is 11.3 Å². The van der Waals surface area contributed by atoms with E-state index in [1.165, 1.54) is 6.07 Å². The highest BCUT2D eigenvalue weighted by Crippen LogP contribution is 2.19. The Morgan fingerprint density at radius 2 is 2.30 bits per heavy atom. The first-order valence-corrected chi connectivity index (χ1v) is 7.52. The molecule has 4 heteroatoms. The van der Waals surface area contributed by atoms with Gasteiger partial charge in [-0.2, -0.15) is 0 Å². The molecule has 0 saturated carbocycles. The molecule has 1 saturated heterocycles. The van der Waals surface area contributed by atoms with Gasteiger partial charge in [0.15, 0.2) is 0 Å². The van der Waals surface area contributed by atoms with Crippen molar-refractivity contribution in [2.75, 3.05) is 19.8 Å². The minimum absolute atomic E-state index is 0.243. The molecule has 1 atom stereocenters. The maximum atomic E-state index is 13.5. The maximum Gasteiger partial charge on any atom is 0.127 e. The van der Waals surface area contributed by atoms with Crippen molar-refractivity contribution in [2.24, 2.45) is 0 Å². The van der Waals surface area contributed by atoms with Crippen LogP contribution in [0.1, 0.15) is 38.2 Å². The molecule has 20 heavy (non-hydrogen) atoms. The van der Waals surface area contributed by atoms with Crippen LogP contribution in [0, 0.1) is 5.82 Å². The van der Waals surface area contributed by atoms with Crippen molar-refractivity contribution in [1.82, 2.24) is 5.32 Å². The summed E-state index contributed by atoms with van der Waals surface area (Å²) >= 11 is 0. The molecule has 0 bridgehead atoms. The molecule has 0 aliphatic carbocycles. The molecule has 1 aromatic carbocycles. The number of benzene rings is 1. The van der Waals surface area contributed by atoms with Crippen molar-refractivity contribution >= 4 is 0 Å². The number of hydrogen-bond acceptors (Lipinski definition) is 3. The molecular weight excluding hydrogens is 257 g/mol. The van der Waals surface area contributed by atoms with E-state index in [0.717, 1.165) is 44.4 Å². The van der Waals surface area contributed by atoms with Crippen molar-refractivity contribution in [1.29, 1.82) is 0 Å². The van der Waals surface area contributed by atoms with Crippen LogP contribution in [0.2, 0.25) is 0 Å². The quantitative estimate of drug-likeness (QED) is 0.742. The zero-order valence-electron chi connectivity index (χ0n) is 12.2. The Labute approximate surface area is 120 Å². The van der Waals surface area contributed by atoms with Crippen LogP contribution >= 0.6 is 0 Å².